The van der Waals surface area contributed by atoms with Crippen LogP contribution in [0, 0.1) is 0 Å². The number of rotatable bonds is 16. The van der Waals surface area contributed by atoms with Gasteiger partial charge >= 0.3 is 14.5 Å². The van der Waals surface area contributed by atoms with E-state index < -0.39 is 37.3 Å². The summed E-state index contributed by atoms with van der Waals surface area (Å²) < 4.78 is 24.0. The highest BCUT2D eigenvalue weighted by Crippen LogP contribution is 2.30. The lowest BCUT2D eigenvalue weighted by Crippen LogP contribution is -2.54. The van der Waals surface area contributed by atoms with Gasteiger partial charge in [-0.15, -0.1) is 0 Å². The van der Waals surface area contributed by atoms with Crippen molar-refractivity contribution in [2.45, 2.75) is 90.6 Å². The second-order valence-electron chi connectivity index (χ2n) is 9.41. The minimum Gasteiger partial charge on any atom is -0.460 e. The molecule has 0 aromatic rings. The van der Waals surface area contributed by atoms with Gasteiger partial charge in [-0.3, -0.25) is 0 Å². The molecule has 0 rings (SSSR count). The van der Waals surface area contributed by atoms with Crippen molar-refractivity contribution in [3.05, 3.63) is 12.2 Å². The smallest absolute Gasteiger partial charge is 0.330 e. The largest absolute Gasteiger partial charge is 0.460 e. The number of aliphatic hydroxyl groups excluding tert-OH is 1. The van der Waals surface area contributed by atoms with Gasteiger partial charge in [-0.05, 0) is 64.7 Å². The summed E-state index contributed by atoms with van der Waals surface area (Å²) in [6.07, 6.45) is 5.21. The van der Waals surface area contributed by atoms with Gasteiger partial charge in [-0.1, -0.05) is 25.8 Å². The summed E-state index contributed by atoms with van der Waals surface area (Å²) >= 11 is 0. The van der Waals surface area contributed by atoms with E-state index in [4.69, 9.17) is 17.7 Å². The molecule has 1 atom stereocenters. The second kappa shape index (κ2) is 13.9. The number of hydrogen-bond acceptors (Lipinski definition) is 6. The Bertz CT molecular complexity index is 470. The van der Waals surface area contributed by atoms with Crippen molar-refractivity contribution in [1.29, 1.82) is 0 Å². The zero-order valence-electron chi connectivity index (χ0n) is 19.9. The van der Waals surface area contributed by atoms with Crippen LogP contribution in [0.2, 0.25) is 51.4 Å². The number of ether oxygens (including phenoxy) is 2. The Kier molecular flexibility index (Phi) is 13.8. The van der Waals surface area contributed by atoms with E-state index in [1.165, 1.54) is 6.08 Å². The molecule has 1 unspecified atom stereocenters. The Morgan fingerprint density at radius 1 is 0.966 bits per heavy atom. The molecule has 0 radical (unpaired) electrons. The van der Waals surface area contributed by atoms with Crippen molar-refractivity contribution in [3.63, 3.8) is 0 Å². The number of allylic oxidation sites excluding steroid dienone is 1. The standard InChI is InChI=1S/C20H44O6Si3/c1-9-11-15-29(25-27(3,4)5,26-28(6,7)8)16-12-14-23-17-19(21)18-24-20(22)13-10-2/h10,13,19,21H,9,11-12,14-18H2,1-8H3. The molecule has 0 saturated carbocycles. The van der Waals surface area contributed by atoms with Crippen molar-refractivity contribution in [3.8, 4) is 0 Å². The zero-order valence-corrected chi connectivity index (χ0v) is 22.9. The third kappa shape index (κ3) is 16.1. The van der Waals surface area contributed by atoms with Crippen LogP contribution in [0.15, 0.2) is 12.2 Å². The summed E-state index contributed by atoms with van der Waals surface area (Å²) in [6.45, 7) is 18.0. The summed E-state index contributed by atoms with van der Waals surface area (Å²) in [4.78, 5) is 11.3. The third-order valence-corrected chi connectivity index (χ3v) is 13.9. The highest BCUT2D eigenvalue weighted by Gasteiger charge is 2.43. The van der Waals surface area contributed by atoms with Gasteiger partial charge in [0, 0.05) is 12.7 Å². The minimum atomic E-state index is -2.30. The van der Waals surface area contributed by atoms with Gasteiger partial charge in [0.05, 0.1) is 6.61 Å². The fraction of sp³-hybridized carbons (Fsp3) is 0.850. The third-order valence-electron chi connectivity index (χ3n) is 3.77. The topological polar surface area (TPSA) is 74.2 Å². The Labute approximate surface area is 181 Å². The van der Waals surface area contributed by atoms with E-state index in [1.807, 2.05) is 0 Å². The Hall–Kier alpha value is -0.299. The summed E-state index contributed by atoms with van der Waals surface area (Å²) in [5.41, 5.74) is 0. The molecule has 0 bridgehead atoms. The maximum atomic E-state index is 11.3. The van der Waals surface area contributed by atoms with Crippen molar-refractivity contribution >= 4 is 31.2 Å². The molecule has 0 aliphatic heterocycles. The highest BCUT2D eigenvalue weighted by atomic mass is 28.5. The molecule has 1 N–H and O–H groups in total. The minimum absolute atomic E-state index is 0.0597. The predicted molar refractivity (Wildman–Crippen MR) is 126 cm³/mol. The van der Waals surface area contributed by atoms with E-state index in [-0.39, 0.29) is 13.2 Å². The first-order chi connectivity index (χ1) is 13.3. The lowest BCUT2D eigenvalue weighted by atomic mass is 10.4. The van der Waals surface area contributed by atoms with E-state index in [0.29, 0.717) is 6.61 Å². The summed E-state index contributed by atoms with van der Waals surface area (Å²) in [5.74, 6) is -0.453. The molecular weight excluding hydrogens is 420 g/mol. The molecule has 0 aliphatic carbocycles. The van der Waals surface area contributed by atoms with Crippen LogP contribution in [0.1, 0.15) is 33.1 Å². The van der Waals surface area contributed by atoms with E-state index in [0.717, 1.165) is 31.4 Å². The summed E-state index contributed by atoms with van der Waals surface area (Å²) in [6, 6.07) is 1.94. The SMILES string of the molecule is CC=CC(=O)OCC(O)COCCC[Si](CCCC)(O[Si](C)(C)C)O[Si](C)(C)C. The maximum Gasteiger partial charge on any atom is 0.330 e. The monoisotopic (exact) mass is 464 g/mol. The van der Waals surface area contributed by atoms with Crippen molar-refractivity contribution in [2.75, 3.05) is 19.8 Å². The molecule has 6 nitrogen and oxygen atoms in total. The van der Waals surface area contributed by atoms with Gasteiger partial charge in [0.15, 0.2) is 16.6 Å². The van der Waals surface area contributed by atoms with Crippen LogP contribution in [0.3, 0.4) is 0 Å². The van der Waals surface area contributed by atoms with Crippen molar-refractivity contribution in [2.24, 2.45) is 0 Å². The normalized spacial score (nSPS) is 14.4. The van der Waals surface area contributed by atoms with Crippen LogP contribution in [-0.4, -0.2) is 62.2 Å². The number of esters is 1. The second-order valence-corrected chi connectivity index (χ2v) is 22.3. The number of hydrogen-bond donors (Lipinski definition) is 1. The maximum absolute atomic E-state index is 11.3. The predicted octanol–water partition coefficient (Wildman–Crippen LogP) is 4.82. The van der Waals surface area contributed by atoms with Gasteiger partial charge in [-0.2, -0.15) is 0 Å². The molecule has 0 aromatic carbocycles. The van der Waals surface area contributed by atoms with Gasteiger partial charge < -0.3 is 22.8 Å². The quantitative estimate of drug-likeness (QED) is 0.153. The number of carbonyl (C=O) groups excluding carboxylic acids is 1. The number of carbonyl (C=O) groups is 1. The van der Waals surface area contributed by atoms with Gasteiger partial charge in [0.1, 0.15) is 12.7 Å². The Morgan fingerprint density at radius 3 is 2.00 bits per heavy atom. The Balaban J connectivity index is 4.65. The zero-order chi connectivity index (χ0) is 22.6. The average Bonchev–Trinajstić information content (AvgIpc) is 2.55. The van der Waals surface area contributed by atoms with E-state index in [9.17, 15) is 9.90 Å². The lowest BCUT2D eigenvalue weighted by Gasteiger charge is -2.41. The molecule has 0 aromatic heterocycles. The van der Waals surface area contributed by atoms with Crippen LogP contribution in [-0.2, 0) is 22.5 Å². The van der Waals surface area contributed by atoms with Crippen LogP contribution in [0.4, 0.5) is 0 Å². The lowest BCUT2D eigenvalue weighted by molar-refractivity contribution is -0.141. The molecule has 0 amide bonds. The molecule has 0 fully saturated rings. The number of unbranched alkanes of at least 4 members (excludes halogenated alkanes) is 1. The molecule has 0 aliphatic rings. The van der Waals surface area contributed by atoms with E-state index in [1.54, 1.807) is 13.0 Å². The van der Waals surface area contributed by atoms with Crippen LogP contribution >= 0.6 is 0 Å². The fourth-order valence-corrected chi connectivity index (χ4v) is 15.9. The first kappa shape index (κ1) is 28.7. The van der Waals surface area contributed by atoms with E-state index in [2.05, 4.69) is 46.2 Å². The molecule has 29 heavy (non-hydrogen) atoms. The van der Waals surface area contributed by atoms with Crippen LogP contribution < -0.4 is 0 Å². The van der Waals surface area contributed by atoms with Crippen LogP contribution in [0.25, 0.3) is 0 Å². The highest BCUT2D eigenvalue weighted by molar-refractivity contribution is 6.88. The number of aliphatic hydroxyl groups is 1. The van der Waals surface area contributed by atoms with Crippen molar-refractivity contribution < 1.29 is 27.6 Å². The summed E-state index contributed by atoms with van der Waals surface area (Å²) in [7, 11) is -5.77. The molecule has 0 spiro atoms. The molecule has 0 saturated heterocycles. The molecule has 0 heterocycles. The van der Waals surface area contributed by atoms with Gasteiger partial charge in [-0.25, -0.2) is 4.79 Å². The first-order valence-corrected chi connectivity index (χ1v) is 19.8. The summed E-state index contributed by atoms with van der Waals surface area (Å²) in [5, 5.41) is 9.89. The molecule has 172 valence electrons. The van der Waals surface area contributed by atoms with Crippen molar-refractivity contribution in [1.82, 2.24) is 0 Å². The fourth-order valence-electron chi connectivity index (χ4n) is 2.99. The van der Waals surface area contributed by atoms with E-state index >= 15 is 0 Å². The first-order valence-electron chi connectivity index (χ1n) is 10.8. The van der Waals surface area contributed by atoms with Gasteiger partial charge in [0.2, 0.25) is 0 Å². The van der Waals surface area contributed by atoms with Crippen LogP contribution in [0.5, 0.6) is 0 Å². The molecular formula is C20H44O6Si3. The Morgan fingerprint density at radius 2 is 1.52 bits per heavy atom. The average molecular weight is 465 g/mol. The van der Waals surface area contributed by atoms with Gasteiger partial charge in [0.25, 0.3) is 0 Å². The molecule has 9 heteroatoms.